The minimum atomic E-state index is 0.127. The third-order valence-electron chi connectivity index (χ3n) is 2.15. The molecule has 4 nitrogen and oxygen atoms in total. The number of carbonyl (C=O) groups excluding carboxylic acids is 1. The van der Waals surface area contributed by atoms with E-state index in [1.165, 1.54) is 19.2 Å². The van der Waals surface area contributed by atoms with Gasteiger partial charge in [0.05, 0.1) is 24.0 Å². The highest BCUT2D eigenvalue weighted by molar-refractivity contribution is 5.79. The normalized spacial score (nSPS) is 15.2. The molecule has 0 atom stereocenters. The van der Waals surface area contributed by atoms with E-state index in [1.807, 2.05) is 0 Å². The van der Waals surface area contributed by atoms with E-state index in [1.54, 1.807) is 13.1 Å². The summed E-state index contributed by atoms with van der Waals surface area (Å²) in [6, 6.07) is 0.562. The Morgan fingerprint density at radius 3 is 3.07 bits per heavy atom. The van der Waals surface area contributed by atoms with Crippen LogP contribution in [0.15, 0.2) is 12.5 Å². The Hall–Kier alpha value is -1.45. The number of ketones is 1. The minimum absolute atomic E-state index is 0.127. The van der Waals surface area contributed by atoms with E-state index in [0.717, 1.165) is 11.4 Å². The van der Waals surface area contributed by atoms with Crippen molar-refractivity contribution in [2.24, 2.45) is 0 Å². The van der Waals surface area contributed by atoms with Crippen molar-refractivity contribution in [2.75, 3.05) is 5.32 Å². The van der Waals surface area contributed by atoms with Crippen LogP contribution >= 0.6 is 0 Å². The molecule has 1 aliphatic rings. The van der Waals surface area contributed by atoms with E-state index in [9.17, 15) is 4.79 Å². The fraction of sp³-hybridized carbons (Fsp3) is 0.500. The van der Waals surface area contributed by atoms with E-state index in [0.29, 0.717) is 12.5 Å². The number of anilines is 1. The van der Waals surface area contributed by atoms with Crippen molar-refractivity contribution in [1.82, 2.24) is 9.97 Å². The Balaban J connectivity index is 2.14. The average molecular weight is 191 g/mol. The van der Waals surface area contributed by atoms with Crippen molar-refractivity contribution in [2.45, 2.75) is 32.2 Å². The van der Waals surface area contributed by atoms with Crippen LogP contribution in [0.2, 0.25) is 0 Å². The summed E-state index contributed by atoms with van der Waals surface area (Å²) in [4.78, 5) is 19.0. The van der Waals surface area contributed by atoms with Crippen molar-refractivity contribution in [3.63, 3.8) is 0 Å². The second kappa shape index (κ2) is 3.74. The lowest BCUT2D eigenvalue weighted by Crippen LogP contribution is -2.08. The quantitative estimate of drug-likeness (QED) is 0.776. The standard InChI is InChI=1S/C10H13N3O/c1-7(14)4-9-10(5-11-6-12-9)13-8-2-3-8/h5-6,8,13H,2-4H2,1H3. The molecule has 1 fully saturated rings. The van der Waals surface area contributed by atoms with Gasteiger partial charge in [-0.3, -0.25) is 4.79 Å². The molecule has 0 amide bonds. The highest BCUT2D eigenvalue weighted by atomic mass is 16.1. The molecule has 0 saturated heterocycles. The van der Waals surface area contributed by atoms with Gasteiger partial charge >= 0.3 is 0 Å². The summed E-state index contributed by atoms with van der Waals surface area (Å²) in [5.41, 5.74) is 1.71. The lowest BCUT2D eigenvalue weighted by Gasteiger charge is -2.07. The summed E-state index contributed by atoms with van der Waals surface area (Å²) < 4.78 is 0. The third-order valence-corrected chi connectivity index (χ3v) is 2.15. The van der Waals surface area contributed by atoms with Gasteiger partial charge in [-0.1, -0.05) is 0 Å². The summed E-state index contributed by atoms with van der Waals surface area (Å²) in [5.74, 6) is 0.127. The molecule has 2 rings (SSSR count). The van der Waals surface area contributed by atoms with E-state index in [2.05, 4.69) is 15.3 Å². The largest absolute Gasteiger partial charge is 0.380 e. The predicted molar refractivity (Wildman–Crippen MR) is 53.1 cm³/mol. The topological polar surface area (TPSA) is 54.9 Å². The smallest absolute Gasteiger partial charge is 0.135 e. The van der Waals surface area contributed by atoms with Crippen molar-refractivity contribution < 1.29 is 4.79 Å². The monoisotopic (exact) mass is 191 g/mol. The van der Waals surface area contributed by atoms with E-state index in [-0.39, 0.29) is 5.78 Å². The van der Waals surface area contributed by atoms with Crippen LogP contribution < -0.4 is 5.32 Å². The average Bonchev–Trinajstić information content (AvgIpc) is 2.91. The highest BCUT2D eigenvalue weighted by Gasteiger charge is 2.22. The molecule has 0 aromatic carbocycles. The maximum absolute atomic E-state index is 11.0. The van der Waals surface area contributed by atoms with E-state index >= 15 is 0 Å². The summed E-state index contributed by atoms with van der Waals surface area (Å²) in [7, 11) is 0. The Labute approximate surface area is 82.8 Å². The van der Waals surface area contributed by atoms with Crippen LogP contribution in [0.4, 0.5) is 5.69 Å². The molecule has 74 valence electrons. The van der Waals surface area contributed by atoms with Crippen LogP contribution in [0.25, 0.3) is 0 Å². The molecular weight excluding hydrogens is 178 g/mol. The predicted octanol–water partition coefficient (Wildman–Crippen LogP) is 1.18. The summed E-state index contributed by atoms with van der Waals surface area (Å²) in [6.07, 6.45) is 6.01. The molecule has 1 saturated carbocycles. The van der Waals surface area contributed by atoms with Gasteiger partial charge in [-0.15, -0.1) is 0 Å². The van der Waals surface area contributed by atoms with Crippen LogP contribution in [-0.4, -0.2) is 21.8 Å². The maximum atomic E-state index is 11.0. The number of rotatable bonds is 4. The van der Waals surface area contributed by atoms with Gasteiger partial charge in [-0.2, -0.15) is 0 Å². The first-order valence-corrected chi connectivity index (χ1v) is 4.80. The molecule has 4 heteroatoms. The van der Waals surface area contributed by atoms with Gasteiger partial charge in [-0.05, 0) is 19.8 Å². The first kappa shape index (κ1) is 9.12. The zero-order valence-electron chi connectivity index (χ0n) is 8.16. The van der Waals surface area contributed by atoms with E-state index < -0.39 is 0 Å². The highest BCUT2D eigenvalue weighted by Crippen LogP contribution is 2.25. The zero-order chi connectivity index (χ0) is 9.97. The SMILES string of the molecule is CC(=O)Cc1ncncc1NC1CC1. The Kier molecular flexibility index (Phi) is 2.43. The lowest BCUT2D eigenvalue weighted by atomic mass is 10.2. The van der Waals surface area contributed by atoms with E-state index in [4.69, 9.17) is 0 Å². The number of carbonyl (C=O) groups is 1. The summed E-state index contributed by atoms with van der Waals surface area (Å²) >= 11 is 0. The van der Waals surface area contributed by atoms with Gasteiger partial charge < -0.3 is 5.32 Å². The number of aromatic nitrogens is 2. The molecule has 14 heavy (non-hydrogen) atoms. The third kappa shape index (κ3) is 2.28. The zero-order valence-corrected chi connectivity index (χ0v) is 8.16. The fourth-order valence-corrected chi connectivity index (χ4v) is 1.30. The Morgan fingerprint density at radius 1 is 1.64 bits per heavy atom. The second-order valence-corrected chi connectivity index (χ2v) is 3.68. The number of hydrogen-bond donors (Lipinski definition) is 1. The molecule has 1 aromatic rings. The molecule has 1 heterocycles. The molecule has 0 unspecified atom stereocenters. The Morgan fingerprint density at radius 2 is 2.43 bits per heavy atom. The number of nitrogens with one attached hydrogen (secondary N) is 1. The molecule has 0 bridgehead atoms. The molecule has 0 aliphatic heterocycles. The van der Waals surface area contributed by atoms with Crippen LogP contribution in [-0.2, 0) is 11.2 Å². The first-order chi connectivity index (χ1) is 6.75. The number of Topliss-reactive ketones (excluding diaryl/α,β-unsaturated/α-hetero) is 1. The first-order valence-electron chi connectivity index (χ1n) is 4.80. The number of hydrogen-bond acceptors (Lipinski definition) is 4. The summed E-state index contributed by atoms with van der Waals surface area (Å²) in [6.45, 7) is 1.57. The van der Waals surface area contributed by atoms with Gasteiger partial charge in [0.25, 0.3) is 0 Å². The molecule has 1 aliphatic carbocycles. The van der Waals surface area contributed by atoms with Crippen molar-refractivity contribution >= 4 is 11.5 Å². The van der Waals surface area contributed by atoms with Crippen LogP contribution in [0, 0.1) is 0 Å². The Bertz CT molecular complexity index is 347. The van der Waals surface area contributed by atoms with Crippen molar-refractivity contribution in [1.29, 1.82) is 0 Å². The number of nitrogens with zero attached hydrogens (tertiary/aromatic N) is 2. The van der Waals surface area contributed by atoms with Crippen LogP contribution in [0.3, 0.4) is 0 Å². The van der Waals surface area contributed by atoms with Crippen molar-refractivity contribution in [3.05, 3.63) is 18.2 Å². The lowest BCUT2D eigenvalue weighted by molar-refractivity contribution is -0.116. The second-order valence-electron chi connectivity index (χ2n) is 3.68. The fourth-order valence-electron chi connectivity index (χ4n) is 1.30. The van der Waals surface area contributed by atoms with Gasteiger partial charge in [-0.25, -0.2) is 9.97 Å². The molecule has 0 spiro atoms. The molecule has 0 radical (unpaired) electrons. The van der Waals surface area contributed by atoms with Gasteiger partial charge in [0.2, 0.25) is 0 Å². The van der Waals surface area contributed by atoms with Crippen LogP contribution in [0.1, 0.15) is 25.5 Å². The molecule has 1 aromatic heterocycles. The molecular formula is C10H13N3O. The minimum Gasteiger partial charge on any atom is -0.380 e. The van der Waals surface area contributed by atoms with Crippen LogP contribution in [0.5, 0.6) is 0 Å². The van der Waals surface area contributed by atoms with Gasteiger partial charge in [0.15, 0.2) is 0 Å². The van der Waals surface area contributed by atoms with Crippen molar-refractivity contribution in [3.8, 4) is 0 Å². The van der Waals surface area contributed by atoms with Gasteiger partial charge in [0.1, 0.15) is 12.1 Å². The molecule has 1 N–H and O–H groups in total. The maximum Gasteiger partial charge on any atom is 0.135 e. The van der Waals surface area contributed by atoms with Gasteiger partial charge in [0, 0.05) is 6.04 Å². The summed E-state index contributed by atoms with van der Waals surface area (Å²) in [5, 5.41) is 3.31.